The molecule has 2 saturated carbocycles. The lowest BCUT2D eigenvalue weighted by atomic mass is 9.85. The average Bonchev–Trinajstić information content (AvgIpc) is 3.34. The van der Waals surface area contributed by atoms with Crippen LogP contribution in [0.1, 0.15) is 63.7 Å². The van der Waals surface area contributed by atoms with Crippen molar-refractivity contribution in [2.24, 2.45) is 11.1 Å². The summed E-state index contributed by atoms with van der Waals surface area (Å²) >= 11 is 1.36. The van der Waals surface area contributed by atoms with Crippen molar-refractivity contribution in [2.75, 3.05) is 18.5 Å². The Morgan fingerprint density at radius 2 is 2.11 bits per heavy atom. The van der Waals surface area contributed by atoms with Crippen molar-refractivity contribution in [3.63, 3.8) is 0 Å². The minimum atomic E-state index is -4.09. The van der Waals surface area contributed by atoms with Crippen LogP contribution in [0.2, 0.25) is 0 Å². The molecule has 200 valence electrons. The van der Waals surface area contributed by atoms with E-state index >= 15 is 0 Å². The standard InChI is InChI=1S/C26H28N4O6S2/c27-38(33,34)36-11-15-7-17(9-21(15)31)30-25-19(10-28-14-29-25)23(32)22-8-16(12-37-22)24-18-3-1-2-4-20(18)26(5-6-26)13-35-24/h1-4,8,10,12,14-15,17,21,24,31H,5-7,9,11,13H2,(H2,27,33,34)(H,28,29,30)/t15-,17-,21+,24+/m1/s1. The summed E-state index contributed by atoms with van der Waals surface area (Å²) in [6.07, 6.45) is 4.91. The highest BCUT2D eigenvalue weighted by Gasteiger charge is 2.49. The molecule has 0 bridgehead atoms. The van der Waals surface area contributed by atoms with Gasteiger partial charge in [-0.3, -0.25) is 8.98 Å². The number of fused-ring (bicyclic) bond motifs is 2. The summed E-state index contributed by atoms with van der Waals surface area (Å²) < 4.78 is 33.2. The summed E-state index contributed by atoms with van der Waals surface area (Å²) in [5.41, 5.74) is 3.94. The number of hydrogen-bond donors (Lipinski definition) is 3. The molecule has 1 spiro atoms. The summed E-state index contributed by atoms with van der Waals surface area (Å²) in [5, 5.41) is 20.5. The lowest BCUT2D eigenvalue weighted by molar-refractivity contribution is 0.0469. The van der Waals surface area contributed by atoms with Crippen LogP contribution in [0.25, 0.3) is 0 Å². The Bertz CT molecular complexity index is 1470. The Balaban J connectivity index is 1.18. The fourth-order valence-corrected chi connectivity index (χ4v) is 6.83. The monoisotopic (exact) mass is 556 g/mol. The highest BCUT2D eigenvalue weighted by molar-refractivity contribution is 7.84. The highest BCUT2D eigenvalue weighted by Crippen LogP contribution is 2.55. The maximum atomic E-state index is 13.5. The first-order valence-electron chi connectivity index (χ1n) is 12.5. The first-order valence-corrected chi connectivity index (χ1v) is 14.8. The number of nitrogens with zero attached hydrogens (tertiary/aromatic N) is 2. The summed E-state index contributed by atoms with van der Waals surface area (Å²) in [7, 11) is -4.09. The summed E-state index contributed by atoms with van der Waals surface area (Å²) in [4.78, 5) is 22.4. The molecular weight excluding hydrogens is 528 g/mol. The molecule has 4 N–H and O–H groups in total. The number of aromatic nitrogens is 2. The van der Waals surface area contributed by atoms with Gasteiger partial charge in [0.2, 0.25) is 5.78 Å². The van der Waals surface area contributed by atoms with E-state index in [1.54, 1.807) is 0 Å². The molecule has 1 aliphatic heterocycles. The number of aliphatic hydroxyl groups excluding tert-OH is 1. The number of ether oxygens (including phenoxy) is 1. The van der Waals surface area contributed by atoms with Crippen molar-refractivity contribution in [1.82, 2.24) is 9.97 Å². The molecule has 3 aromatic rings. The molecule has 1 aromatic carbocycles. The van der Waals surface area contributed by atoms with E-state index in [1.807, 2.05) is 17.5 Å². The molecule has 0 unspecified atom stereocenters. The molecule has 3 aliphatic rings. The number of carbonyl (C=O) groups excluding carboxylic acids is 1. The number of nitrogens with one attached hydrogen (secondary N) is 1. The maximum absolute atomic E-state index is 13.5. The molecule has 2 fully saturated rings. The van der Waals surface area contributed by atoms with E-state index < -0.39 is 22.3 Å². The normalized spacial score (nSPS) is 25.7. The fourth-order valence-electron chi connectivity index (χ4n) is 5.59. The van der Waals surface area contributed by atoms with Crippen molar-refractivity contribution >= 4 is 33.2 Å². The number of anilines is 1. The van der Waals surface area contributed by atoms with Crippen LogP contribution in [-0.4, -0.2) is 54.6 Å². The minimum Gasteiger partial charge on any atom is -0.393 e. The van der Waals surface area contributed by atoms with Crippen molar-refractivity contribution in [3.8, 4) is 0 Å². The smallest absolute Gasteiger partial charge is 0.333 e. The third kappa shape index (κ3) is 4.99. The lowest BCUT2D eigenvalue weighted by Gasteiger charge is -2.32. The van der Waals surface area contributed by atoms with Gasteiger partial charge in [0, 0.05) is 23.6 Å². The number of nitrogens with two attached hydrogens (primary N) is 1. The summed E-state index contributed by atoms with van der Waals surface area (Å²) in [6, 6.07) is 10.1. The molecule has 12 heteroatoms. The molecule has 0 amide bonds. The molecule has 0 saturated heterocycles. The molecule has 6 rings (SSSR count). The van der Waals surface area contributed by atoms with Gasteiger partial charge in [-0.15, -0.1) is 11.3 Å². The van der Waals surface area contributed by atoms with E-state index in [1.165, 1.54) is 35.0 Å². The second-order valence-electron chi connectivity index (χ2n) is 10.3. The van der Waals surface area contributed by atoms with Gasteiger partial charge in [-0.05, 0) is 53.8 Å². The van der Waals surface area contributed by atoms with Crippen LogP contribution in [-0.2, 0) is 24.6 Å². The number of rotatable bonds is 8. The molecule has 2 aromatic heterocycles. The zero-order valence-corrected chi connectivity index (χ0v) is 22.1. The number of hydrogen-bond acceptors (Lipinski definition) is 10. The average molecular weight is 557 g/mol. The van der Waals surface area contributed by atoms with Gasteiger partial charge in [0.1, 0.15) is 18.2 Å². The fraction of sp³-hybridized carbons (Fsp3) is 0.423. The van der Waals surface area contributed by atoms with Crippen molar-refractivity contribution in [2.45, 2.75) is 49.3 Å². The van der Waals surface area contributed by atoms with Crippen molar-refractivity contribution < 1.29 is 27.2 Å². The highest BCUT2D eigenvalue weighted by atomic mass is 32.2. The zero-order valence-electron chi connectivity index (χ0n) is 20.4. The second-order valence-corrected chi connectivity index (χ2v) is 12.5. The third-order valence-corrected chi connectivity index (χ3v) is 9.15. The Morgan fingerprint density at radius 3 is 2.89 bits per heavy atom. The third-order valence-electron chi connectivity index (χ3n) is 7.74. The molecule has 2 aliphatic carbocycles. The minimum absolute atomic E-state index is 0.154. The Labute approximate surface area is 224 Å². The van der Waals surface area contributed by atoms with Crippen LogP contribution in [0, 0.1) is 5.92 Å². The number of thiophene rings is 1. The predicted molar refractivity (Wildman–Crippen MR) is 140 cm³/mol. The molecule has 38 heavy (non-hydrogen) atoms. The number of benzene rings is 1. The Kier molecular flexibility index (Phi) is 6.57. The van der Waals surface area contributed by atoms with Crippen LogP contribution >= 0.6 is 11.3 Å². The largest absolute Gasteiger partial charge is 0.393 e. The lowest BCUT2D eigenvalue weighted by Crippen LogP contribution is -2.26. The molecule has 3 heterocycles. The van der Waals surface area contributed by atoms with Gasteiger partial charge >= 0.3 is 10.3 Å². The Morgan fingerprint density at radius 1 is 1.29 bits per heavy atom. The van der Waals surface area contributed by atoms with Crippen LogP contribution in [0.4, 0.5) is 5.82 Å². The predicted octanol–water partition coefficient (Wildman–Crippen LogP) is 2.69. The second kappa shape index (κ2) is 9.78. The number of aliphatic hydroxyl groups is 1. The van der Waals surface area contributed by atoms with Crippen LogP contribution in [0.3, 0.4) is 0 Å². The van der Waals surface area contributed by atoms with Crippen LogP contribution in [0.15, 0.2) is 48.2 Å². The van der Waals surface area contributed by atoms with Gasteiger partial charge in [-0.1, -0.05) is 24.3 Å². The quantitative estimate of drug-likeness (QED) is 0.355. The van der Waals surface area contributed by atoms with E-state index in [9.17, 15) is 18.3 Å². The topological polar surface area (TPSA) is 154 Å². The molecule has 0 radical (unpaired) electrons. The van der Waals surface area contributed by atoms with Gasteiger partial charge in [-0.25, -0.2) is 15.1 Å². The molecular formula is C26H28N4O6S2. The Hall–Kier alpha value is -2.74. The number of ketones is 1. The van der Waals surface area contributed by atoms with Crippen molar-refractivity contribution in [3.05, 3.63) is 75.4 Å². The maximum Gasteiger partial charge on any atom is 0.333 e. The van der Waals surface area contributed by atoms with Crippen LogP contribution < -0.4 is 10.5 Å². The van der Waals surface area contributed by atoms with E-state index in [0.29, 0.717) is 35.7 Å². The van der Waals surface area contributed by atoms with Gasteiger partial charge in [0.25, 0.3) is 0 Å². The van der Waals surface area contributed by atoms with E-state index in [4.69, 9.17) is 9.88 Å². The van der Waals surface area contributed by atoms with Crippen LogP contribution in [0.5, 0.6) is 0 Å². The number of carbonyl (C=O) groups is 1. The molecule has 4 atom stereocenters. The summed E-state index contributed by atoms with van der Waals surface area (Å²) in [6.45, 7) is 0.476. The zero-order chi connectivity index (χ0) is 26.5. The van der Waals surface area contributed by atoms with Gasteiger partial charge in [0.05, 0.1) is 29.8 Å². The van der Waals surface area contributed by atoms with E-state index in [0.717, 1.165) is 18.4 Å². The van der Waals surface area contributed by atoms with Gasteiger partial charge < -0.3 is 15.2 Å². The van der Waals surface area contributed by atoms with E-state index in [2.05, 4.69) is 37.7 Å². The van der Waals surface area contributed by atoms with Gasteiger partial charge in [-0.2, -0.15) is 8.42 Å². The molecule has 10 nitrogen and oxygen atoms in total. The summed E-state index contributed by atoms with van der Waals surface area (Å²) in [5.74, 6) is -0.264. The van der Waals surface area contributed by atoms with Gasteiger partial charge in [0.15, 0.2) is 0 Å². The SMILES string of the molecule is NS(=O)(=O)OC[C@H]1C[C@@H](Nc2ncncc2C(=O)c2cc([C@@H]3OCC4(CC4)c4ccccc43)cs2)C[C@@H]1O. The van der Waals surface area contributed by atoms with E-state index in [-0.39, 0.29) is 30.0 Å². The first-order chi connectivity index (χ1) is 18.2. The first kappa shape index (κ1) is 25.5. The van der Waals surface area contributed by atoms with Crippen molar-refractivity contribution in [1.29, 1.82) is 0 Å².